The van der Waals surface area contributed by atoms with E-state index in [1.165, 1.54) is 0 Å². The molecule has 0 amide bonds. The first kappa shape index (κ1) is 14.4. The zero-order valence-electron chi connectivity index (χ0n) is 11.2. The van der Waals surface area contributed by atoms with Crippen molar-refractivity contribution in [1.82, 2.24) is 9.80 Å². The zero-order chi connectivity index (χ0) is 14.0. The highest BCUT2D eigenvalue weighted by atomic mass is 35.5. The number of hydrogen-bond donors (Lipinski definition) is 0. The van der Waals surface area contributed by atoms with E-state index in [2.05, 4.69) is 11.9 Å². The van der Waals surface area contributed by atoms with E-state index in [4.69, 9.17) is 11.6 Å². The molecule has 1 aliphatic rings. The van der Waals surface area contributed by atoms with Crippen LogP contribution in [-0.4, -0.2) is 55.4 Å². The molecule has 0 N–H and O–H groups in total. The Morgan fingerprint density at radius 2 is 1.95 bits per heavy atom. The van der Waals surface area contributed by atoms with Crippen LogP contribution in [0, 0.1) is 12.7 Å². The van der Waals surface area contributed by atoms with Crippen molar-refractivity contribution in [3.63, 3.8) is 0 Å². The Balaban J connectivity index is 2.10. The molecule has 3 nitrogen and oxygen atoms in total. The number of piperazine rings is 1. The van der Waals surface area contributed by atoms with E-state index in [-0.39, 0.29) is 22.9 Å². The van der Waals surface area contributed by atoms with Crippen molar-refractivity contribution in [2.45, 2.75) is 6.92 Å². The van der Waals surface area contributed by atoms with Gasteiger partial charge in [-0.05, 0) is 25.6 Å². The van der Waals surface area contributed by atoms with E-state index in [9.17, 15) is 9.18 Å². The van der Waals surface area contributed by atoms with Crippen LogP contribution in [0.3, 0.4) is 0 Å². The maximum absolute atomic E-state index is 14.0. The second-order valence-corrected chi connectivity index (χ2v) is 5.46. The van der Waals surface area contributed by atoms with Crippen LogP contribution in [0.5, 0.6) is 0 Å². The van der Waals surface area contributed by atoms with Gasteiger partial charge in [-0.2, -0.15) is 0 Å². The Kier molecular flexibility index (Phi) is 4.55. The van der Waals surface area contributed by atoms with E-state index in [1.54, 1.807) is 19.1 Å². The van der Waals surface area contributed by atoms with Crippen LogP contribution in [-0.2, 0) is 0 Å². The lowest BCUT2D eigenvalue weighted by molar-refractivity contribution is 0.0872. The van der Waals surface area contributed by atoms with Crippen molar-refractivity contribution in [3.05, 3.63) is 34.1 Å². The summed E-state index contributed by atoms with van der Waals surface area (Å²) in [5.41, 5.74) is 0.478. The molecule has 2 rings (SSSR count). The molecule has 1 fully saturated rings. The van der Waals surface area contributed by atoms with Crippen LogP contribution < -0.4 is 0 Å². The molecular weight excluding hydrogens is 267 g/mol. The van der Waals surface area contributed by atoms with Gasteiger partial charge in [0.05, 0.1) is 17.1 Å². The molecule has 104 valence electrons. The van der Waals surface area contributed by atoms with Crippen molar-refractivity contribution in [3.8, 4) is 0 Å². The number of rotatable bonds is 3. The Morgan fingerprint density at radius 1 is 1.32 bits per heavy atom. The second kappa shape index (κ2) is 5.99. The molecule has 0 radical (unpaired) electrons. The van der Waals surface area contributed by atoms with E-state index < -0.39 is 5.82 Å². The Bertz CT molecular complexity index is 485. The maximum atomic E-state index is 14.0. The van der Waals surface area contributed by atoms with Crippen LogP contribution in [0.2, 0.25) is 5.02 Å². The summed E-state index contributed by atoms with van der Waals surface area (Å²) in [5, 5.41) is 0.197. The minimum atomic E-state index is -0.494. The predicted molar refractivity (Wildman–Crippen MR) is 74.4 cm³/mol. The molecule has 19 heavy (non-hydrogen) atoms. The summed E-state index contributed by atoms with van der Waals surface area (Å²) in [6.07, 6.45) is 0. The summed E-state index contributed by atoms with van der Waals surface area (Å²) in [7, 11) is 2.05. The predicted octanol–water partition coefficient (Wildman–Crippen LogP) is 2.22. The molecule has 0 atom stereocenters. The van der Waals surface area contributed by atoms with Crippen LogP contribution in [0.1, 0.15) is 15.9 Å². The molecule has 1 aromatic carbocycles. The molecule has 0 aromatic heterocycles. The number of likely N-dealkylation sites (N-methyl/N-ethyl adjacent to an activating group) is 1. The smallest absolute Gasteiger partial charge is 0.181 e. The van der Waals surface area contributed by atoms with Crippen LogP contribution in [0.4, 0.5) is 4.39 Å². The normalized spacial score (nSPS) is 17.7. The van der Waals surface area contributed by atoms with Gasteiger partial charge in [-0.25, -0.2) is 4.39 Å². The van der Waals surface area contributed by atoms with Crippen LogP contribution in [0.15, 0.2) is 12.1 Å². The molecule has 1 heterocycles. The zero-order valence-corrected chi connectivity index (χ0v) is 12.0. The van der Waals surface area contributed by atoms with Gasteiger partial charge in [-0.3, -0.25) is 9.69 Å². The minimum absolute atomic E-state index is 0.0283. The topological polar surface area (TPSA) is 23.6 Å². The molecule has 5 heteroatoms. The summed E-state index contributed by atoms with van der Waals surface area (Å²) in [6, 6.07) is 3.17. The summed E-state index contributed by atoms with van der Waals surface area (Å²) in [6.45, 7) is 5.38. The molecular formula is C14H18ClFN2O. The highest BCUT2D eigenvalue weighted by molar-refractivity contribution is 6.34. The fourth-order valence-electron chi connectivity index (χ4n) is 2.20. The van der Waals surface area contributed by atoms with Crippen molar-refractivity contribution in [2.75, 3.05) is 39.8 Å². The highest BCUT2D eigenvalue weighted by Gasteiger charge is 2.22. The van der Waals surface area contributed by atoms with Gasteiger partial charge < -0.3 is 4.90 Å². The largest absolute Gasteiger partial charge is 0.304 e. The van der Waals surface area contributed by atoms with E-state index in [1.807, 2.05) is 4.90 Å². The summed E-state index contributed by atoms with van der Waals surface area (Å²) < 4.78 is 14.0. The number of ketones is 1. The second-order valence-electron chi connectivity index (χ2n) is 5.06. The SMILES string of the molecule is Cc1ccc(Cl)c(C(=O)CN2CCN(C)CC2)c1F. The average Bonchev–Trinajstić information content (AvgIpc) is 2.37. The molecule has 1 aliphatic heterocycles. The fourth-order valence-corrected chi connectivity index (χ4v) is 2.45. The Hall–Kier alpha value is -0.970. The van der Waals surface area contributed by atoms with Crippen molar-refractivity contribution in [2.24, 2.45) is 0 Å². The lowest BCUT2D eigenvalue weighted by Crippen LogP contribution is -2.46. The number of halogens is 2. The molecule has 0 saturated carbocycles. The average molecular weight is 285 g/mol. The summed E-state index contributed by atoms with van der Waals surface area (Å²) in [5.74, 6) is -0.734. The van der Waals surface area contributed by atoms with Gasteiger partial charge in [-0.15, -0.1) is 0 Å². The van der Waals surface area contributed by atoms with Gasteiger partial charge in [0.1, 0.15) is 5.82 Å². The van der Waals surface area contributed by atoms with E-state index in [0.29, 0.717) is 5.56 Å². The van der Waals surface area contributed by atoms with Gasteiger partial charge in [0.25, 0.3) is 0 Å². The third kappa shape index (κ3) is 3.32. The Labute approximate surface area is 117 Å². The Morgan fingerprint density at radius 3 is 2.58 bits per heavy atom. The maximum Gasteiger partial charge on any atom is 0.181 e. The first-order chi connectivity index (χ1) is 8.99. The molecule has 0 bridgehead atoms. The third-order valence-electron chi connectivity index (χ3n) is 3.53. The molecule has 0 spiro atoms. The number of Topliss-reactive ketones (excluding diaryl/α,β-unsaturated/α-hetero) is 1. The first-order valence-electron chi connectivity index (χ1n) is 6.37. The molecule has 1 saturated heterocycles. The quantitative estimate of drug-likeness (QED) is 0.795. The number of hydrogen-bond acceptors (Lipinski definition) is 3. The highest BCUT2D eigenvalue weighted by Crippen LogP contribution is 2.22. The van der Waals surface area contributed by atoms with Gasteiger partial charge in [-0.1, -0.05) is 17.7 Å². The number of benzene rings is 1. The van der Waals surface area contributed by atoms with Gasteiger partial charge in [0.15, 0.2) is 5.78 Å². The third-order valence-corrected chi connectivity index (χ3v) is 3.84. The molecule has 0 aliphatic carbocycles. The van der Waals surface area contributed by atoms with Crippen molar-refractivity contribution < 1.29 is 9.18 Å². The summed E-state index contributed by atoms with van der Waals surface area (Å²) >= 11 is 5.95. The lowest BCUT2D eigenvalue weighted by Gasteiger charge is -2.31. The standard InChI is InChI=1S/C14H18ClFN2O/c1-10-3-4-11(15)13(14(10)16)12(19)9-18-7-5-17(2)6-8-18/h3-4H,5-9H2,1-2H3. The number of nitrogens with zero attached hydrogens (tertiary/aromatic N) is 2. The molecule has 0 unspecified atom stereocenters. The first-order valence-corrected chi connectivity index (χ1v) is 6.75. The van der Waals surface area contributed by atoms with Crippen LogP contribution >= 0.6 is 11.6 Å². The monoisotopic (exact) mass is 284 g/mol. The lowest BCUT2D eigenvalue weighted by atomic mass is 10.1. The van der Waals surface area contributed by atoms with Crippen molar-refractivity contribution >= 4 is 17.4 Å². The van der Waals surface area contributed by atoms with E-state index >= 15 is 0 Å². The molecule has 1 aromatic rings. The van der Waals surface area contributed by atoms with Gasteiger partial charge in [0.2, 0.25) is 0 Å². The number of aryl methyl sites for hydroxylation is 1. The fraction of sp³-hybridized carbons (Fsp3) is 0.500. The van der Waals surface area contributed by atoms with Gasteiger partial charge >= 0.3 is 0 Å². The summed E-state index contributed by atoms with van der Waals surface area (Å²) in [4.78, 5) is 16.5. The minimum Gasteiger partial charge on any atom is -0.304 e. The van der Waals surface area contributed by atoms with Crippen LogP contribution in [0.25, 0.3) is 0 Å². The van der Waals surface area contributed by atoms with E-state index in [0.717, 1.165) is 26.2 Å². The number of carbonyl (C=O) groups excluding carboxylic acids is 1. The van der Waals surface area contributed by atoms with Gasteiger partial charge in [0, 0.05) is 26.2 Å². The van der Waals surface area contributed by atoms with Crippen molar-refractivity contribution in [1.29, 1.82) is 0 Å². The number of carbonyl (C=O) groups is 1.